The molecule has 1 aliphatic rings. The average molecular weight is 465 g/mol. The lowest BCUT2D eigenvalue weighted by Crippen LogP contribution is -2.59. The van der Waals surface area contributed by atoms with Crippen molar-refractivity contribution < 1.29 is 24.3 Å². The number of aliphatic carboxylic acids is 1. The first kappa shape index (κ1) is 26.3. The molecule has 2 rings (SSSR count). The molecular formula is C22H36N6O5. The number of nitrogens with zero attached hydrogens (tertiary/aromatic N) is 1. The van der Waals surface area contributed by atoms with E-state index in [9.17, 15) is 24.3 Å². The third kappa shape index (κ3) is 7.55. The second kappa shape index (κ2) is 12.3. The van der Waals surface area contributed by atoms with Crippen LogP contribution in [0.2, 0.25) is 0 Å². The minimum absolute atomic E-state index is 0.0291. The standard InChI is InChI=1S/C22H36N6O5/c1-5-13(4)18(21(31)26-16(22(32)33)9-14-10-23-11-25-14)28-20(30)17(12(2)3)27-19(29)15-7-6-8-24-15/h10-13,15-18,24H,5-9H2,1-4H3,(H,23,25)(H,26,31)(H,27,29)(H,28,30)(H,32,33). The maximum atomic E-state index is 13.1. The maximum Gasteiger partial charge on any atom is 0.326 e. The second-order valence-electron chi connectivity index (χ2n) is 8.93. The first-order chi connectivity index (χ1) is 15.6. The van der Waals surface area contributed by atoms with E-state index in [-0.39, 0.29) is 30.2 Å². The number of imidazole rings is 1. The van der Waals surface area contributed by atoms with Crippen LogP contribution in [0, 0.1) is 11.8 Å². The van der Waals surface area contributed by atoms with Gasteiger partial charge in [0.05, 0.1) is 12.4 Å². The summed E-state index contributed by atoms with van der Waals surface area (Å²) in [6, 6.07) is -3.28. The van der Waals surface area contributed by atoms with Crippen molar-refractivity contribution in [1.82, 2.24) is 31.2 Å². The summed E-state index contributed by atoms with van der Waals surface area (Å²) in [7, 11) is 0. The van der Waals surface area contributed by atoms with Gasteiger partial charge in [0.15, 0.2) is 0 Å². The molecule has 11 heteroatoms. The van der Waals surface area contributed by atoms with Crippen molar-refractivity contribution >= 4 is 23.7 Å². The van der Waals surface area contributed by atoms with E-state index in [1.54, 1.807) is 6.92 Å². The fourth-order valence-electron chi connectivity index (χ4n) is 3.72. The van der Waals surface area contributed by atoms with Gasteiger partial charge in [-0.3, -0.25) is 14.4 Å². The van der Waals surface area contributed by atoms with Crippen LogP contribution in [0.5, 0.6) is 0 Å². The molecular weight excluding hydrogens is 428 g/mol. The number of carbonyl (C=O) groups is 4. The molecule has 0 spiro atoms. The van der Waals surface area contributed by atoms with Crippen LogP contribution in [0.15, 0.2) is 12.5 Å². The van der Waals surface area contributed by atoms with Crippen molar-refractivity contribution in [2.75, 3.05) is 6.54 Å². The molecule has 184 valence electrons. The number of hydrogen-bond acceptors (Lipinski definition) is 6. The smallest absolute Gasteiger partial charge is 0.326 e. The molecule has 1 saturated heterocycles. The summed E-state index contributed by atoms with van der Waals surface area (Å²) < 4.78 is 0. The molecule has 11 nitrogen and oxygen atoms in total. The van der Waals surface area contributed by atoms with Crippen LogP contribution in [0.1, 0.15) is 52.7 Å². The SMILES string of the molecule is CCC(C)C(NC(=O)C(NC(=O)C1CCCN1)C(C)C)C(=O)NC(Cc1cnc[nH]1)C(=O)O. The monoisotopic (exact) mass is 464 g/mol. The van der Waals surface area contributed by atoms with Gasteiger partial charge < -0.3 is 31.4 Å². The van der Waals surface area contributed by atoms with E-state index in [1.165, 1.54) is 12.5 Å². The lowest BCUT2D eigenvalue weighted by atomic mass is 9.96. The minimum Gasteiger partial charge on any atom is -0.480 e. The quantitative estimate of drug-likeness (QED) is 0.252. The number of H-pyrrole nitrogens is 1. The molecule has 0 bridgehead atoms. The van der Waals surface area contributed by atoms with Gasteiger partial charge in [0, 0.05) is 18.3 Å². The predicted octanol–water partition coefficient (Wildman–Crippen LogP) is -0.0547. The lowest BCUT2D eigenvalue weighted by molar-refractivity contribution is -0.142. The van der Waals surface area contributed by atoms with E-state index in [4.69, 9.17) is 0 Å². The van der Waals surface area contributed by atoms with Crippen LogP contribution in [0.25, 0.3) is 0 Å². The zero-order valence-electron chi connectivity index (χ0n) is 19.7. The molecule has 2 heterocycles. The van der Waals surface area contributed by atoms with E-state index in [1.807, 2.05) is 20.8 Å². The average Bonchev–Trinajstić information content (AvgIpc) is 3.48. The highest BCUT2D eigenvalue weighted by Crippen LogP contribution is 2.12. The summed E-state index contributed by atoms with van der Waals surface area (Å²) in [6.45, 7) is 8.08. The summed E-state index contributed by atoms with van der Waals surface area (Å²) in [4.78, 5) is 57.0. The van der Waals surface area contributed by atoms with Crippen LogP contribution in [-0.2, 0) is 25.6 Å². The Morgan fingerprint density at radius 2 is 1.82 bits per heavy atom. The molecule has 0 radical (unpaired) electrons. The Labute approximate surface area is 193 Å². The van der Waals surface area contributed by atoms with Crippen LogP contribution >= 0.6 is 0 Å². The largest absolute Gasteiger partial charge is 0.480 e. The molecule has 0 aliphatic carbocycles. The molecule has 1 aromatic heterocycles. The summed E-state index contributed by atoms with van der Waals surface area (Å²) in [5.41, 5.74) is 0.565. The second-order valence-corrected chi connectivity index (χ2v) is 8.93. The van der Waals surface area contributed by atoms with Gasteiger partial charge in [-0.05, 0) is 31.2 Å². The number of aromatic amines is 1. The molecule has 3 amide bonds. The van der Waals surface area contributed by atoms with E-state index in [0.717, 1.165) is 13.0 Å². The maximum absolute atomic E-state index is 13.1. The molecule has 1 fully saturated rings. The van der Waals surface area contributed by atoms with Crippen molar-refractivity contribution in [1.29, 1.82) is 0 Å². The molecule has 5 unspecified atom stereocenters. The highest BCUT2D eigenvalue weighted by molar-refractivity contribution is 5.94. The molecule has 1 aromatic rings. The van der Waals surface area contributed by atoms with Gasteiger partial charge in [-0.25, -0.2) is 9.78 Å². The van der Waals surface area contributed by atoms with Crippen molar-refractivity contribution in [3.8, 4) is 0 Å². The number of carboxylic acids is 1. The fraction of sp³-hybridized carbons (Fsp3) is 0.682. The van der Waals surface area contributed by atoms with Crippen molar-refractivity contribution in [2.45, 2.75) is 77.5 Å². The Balaban J connectivity index is 2.09. The first-order valence-electron chi connectivity index (χ1n) is 11.5. The number of carboxylic acid groups (broad SMARTS) is 1. The van der Waals surface area contributed by atoms with Crippen molar-refractivity contribution in [2.24, 2.45) is 11.8 Å². The Hall–Kier alpha value is -2.95. The van der Waals surface area contributed by atoms with Gasteiger partial charge in [-0.15, -0.1) is 0 Å². The van der Waals surface area contributed by atoms with Crippen molar-refractivity contribution in [3.63, 3.8) is 0 Å². The molecule has 0 aromatic carbocycles. The molecule has 33 heavy (non-hydrogen) atoms. The Morgan fingerprint density at radius 1 is 1.12 bits per heavy atom. The lowest BCUT2D eigenvalue weighted by Gasteiger charge is -2.29. The minimum atomic E-state index is -1.19. The summed E-state index contributed by atoms with van der Waals surface area (Å²) >= 11 is 0. The number of rotatable bonds is 12. The van der Waals surface area contributed by atoms with Crippen molar-refractivity contribution in [3.05, 3.63) is 18.2 Å². The number of aromatic nitrogens is 2. The van der Waals surface area contributed by atoms with Gasteiger partial charge in [-0.1, -0.05) is 34.1 Å². The van der Waals surface area contributed by atoms with Crippen LogP contribution in [0.3, 0.4) is 0 Å². The van der Waals surface area contributed by atoms with E-state index in [2.05, 4.69) is 31.2 Å². The van der Waals surface area contributed by atoms with E-state index < -0.39 is 35.9 Å². The third-order valence-corrected chi connectivity index (χ3v) is 6.01. The summed E-state index contributed by atoms with van der Waals surface area (Å²) in [6.07, 6.45) is 5.15. The van der Waals surface area contributed by atoms with Gasteiger partial charge in [0.1, 0.15) is 18.1 Å². The van der Waals surface area contributed by atoms with Gasteiger partial charge in [0.2, 0.25) is 17.7 Å². The van der Waals surface area contributed by atoms with E-state index in [0.29, 0.717) is 18.5 Å². The Morgan fingerprint density at radius 3 is 2.33 bits per heavy atom. The highest BCUT2D eigenvalue weighted by atomic mass is 16.4. The highest BCUT2D eigenvalue weighted by Gasteiger charge is 2.34. The van der Waals surface area contributed by atoms with E-state index >= 15 is 0 Å². The predicted molar refractivity (Wildman–Crippen MR) is 121 cm³/mol. The number of hydrogen-bond donors (Lipinski definition) is 6. The number of carbonyl (C=O) groups excluding carboxylic acids is 3. The summed E-state index contributed by atoms with van der Waals surface area (Å²) in [5, 5.41) is 20.7. The zero-order valence-corrected chi connectivity index (χ0v) is 19.7. The Bertz CT molecular complexity index is 806. The van der Waals surface area contributed by atoms with Crippen LogP contribution in [0.4, 0.5) is 0 Å². The number of nitrogens with one attached hydrogen (secondary N) is 5. The van der Waals surface area contributed by atoms with Gasteiger partial charge in [0.25, 0.3) is 0 Å². The molecule has 0 saturated carbocycles. The third-order valence-electron chi connectivity index (χ3n) is 6.01. The molecule has 1 aliphatic heterocycles. The zero-order chi connectivity index (χ0) is 24.5. The van der Waals surface area contributed by atoms with Gasteiger partial charge >= 0.3 is 5.97 Å². The molecule has 6 N–H and O–H groups in total. The van der Waals surface area contributed by atoms with Crippen LogP contribution in [-0.4, -0.2) is 69.5 Å². The number of amides is 3. The van der Waals surface area contributed by atoms with Crippen LogP contribution < -0.4 is 21.3 Å². The summed E-state index contributed by atoms with van der Waals surface area (Å²) in [5.74, 6) is -2.95. The fourth-order valence-corrected chi connectivity index (χ4v) is 3.72. The topological polar surface area (TPSA) is 165 Å². The first-order valence-corrected chi connectivity index (χ1v) is 11.5. The Kier molecular flexibility index (Phi) is 9.83. The van der Waals surface area contributed by atoms with Gasteiger partial charge in [-0.2, -0.15) is 0 Å². The molecule has 5 atom stereocenters. The normalized spacial score (nSPS) is 19.4.